The topological polar surface area (TPSA) is 66.8 Å². The van der Waals surface area contributed by atoms with E-state index in [1.807, 2.05) is 6.07 Å². The number of hydrogen-bond donors (Lipinski definition) is 1. The zero-order chi connectivity index (χ0) is 12.7. The Labute approximate surface area is 104 Å². The number of aliphatic carboxylic acids is 1. The molecule has 5 heteroatoms. The molecule has 0 saturated heterocycles. The Hall–Kier alpha value is -2.04. The molecule has 1 aromatic carbocycles. The number of benzene rings is 1. The third-order valence-corrected chi connectivity index (χ3v) is 3.24. The summed E-state index contributed by atoms with van der Waals surface area (Å²) in [7, 11) is 0. The Balaban J connectivity index is 1.96. The molecule has 0 bridgehead atoms. The van der Waals surface area contributed by atoms with Crippen LogP contribution in [-0.2, 0) is 9.59 Å². The van der Waals surface area contributed by atoms with Crippen LogP contribution < -0.4 is 9.64 Å². The quantitative estimate of drug-likeness (QED) is 0.854. The average molecular weight is 247 g/mol. The van der Waals surface area contributed by atoms with Gasteiger partial charge in [-0.2, -0.15) is 0 Å². The summed E-state index contributed by atoms with van der Waals surface area (Å²) in [6.07, 6.45) is 0.814. The second kappa shape index (κ2) is 4.01. The molecule has 1 amide bonds. The summed E-state index contributed by atoms with van der Waals surface area (Å²) in [6.45, 7) is 0.0850. The summed E-state index contributed by atoms with van der Waals surface area (Å²) < 4.78 is 5.38. The molecular formula is C13H13NO4. The monoisotopic (exact) mass is 247 g/mol. The summed E-state index contributed by atoms with van der Waals surface area (Å²) >= 11 is 0. The van der Waals surface area contributed by atoms with Crippen LogP contribution in [0, 0.1) is 5.92 Å². The Morgan fingerprint density at radius 1 is 1.28 bits per heavy atom. The van der Waals surface area contributed by atoms with E-state index < -0.39 is 12.1 Å². The molecule has 1 saturated carbocycles. The van der Waals surface area contributed by atoms with Gasteiger partial charge in [0, 0.05) is 5.92 Å². The van der Waals surface area contributed by atoms with Crippen LogP contribution >= 0.6 is 0 Å². The average Bonchev–Trinajstić information content (AvgIpc) is 3.20. The van der Waals surface area contributed by atoms with Crippen molar-refractivity contribution in [3.8, 4) is 5.75 Å². The highest BCUT2D eigenvalue weighted by Gasteiger charge is 2.39. The van der Waals surface area contributed by atoms with Crippen LogP contribution in [0.4, 0.5) is 5.69 Å². The number of carbonyl (C=O) groups excluding carboxylic acids is 1. The lowest BCUT2D eigenvalue weighted by Crippen LogP contribution is -2.47. The highest BCUT2D eigenvalue weighted by molar-refractivity contribution is 5.99. The molecule has 18 heavy (non-hydrogen) atoms. The van der Waals surface area contributed by atoms with E-state index in [1.165, 1.54) is 0 Å². The van der Waals surface area contributed by atoms with Gasteiger partial charge in [-0.15, -0.1) is 0 Å². The third-order valence-electron chi connectivity index (χ3n) is 3.24. The highest BCUT2D eigenvalue weighted by atomic mass is 16.5. The largest absolute Gasteiger partial charge is 0.478 e. The molecule has 1 aliphatic heterocycles. The minimum atomic E-state index is -1.04. The normalized spacial score (nSPS) is 22.0. The molecule has 3 rings (SSSR count). The second-order valence-electron chi connectivity index (χ2n) is 4.64. The van der Waals surface area contributed by atoms with E-state index in [4.69, 9.17) is 9.84 Å². The van der Waals surface area contributed by atoms with Gasteiger partial charge in [-0.3, -0.25) is 4.79 Å². The number of fused-ring (bicyclic) bond motifs is 1. The van der Waals surface area contributed by atoms with Crippen LogP contribution in [0.15, 0.2) is 24.3 Å². The molecule has 1 aromatic rings. The molecule has 5 nitrogen and oxygen atoms in total. The molecule has 1 heterocycles. The summed E-state index contributed by atoms with van der Waals surface area (Å²) in [4.78, 5) is 24.8. The number of carbonyl (C=O) groups is 2. The van der Waals surface area contributed by atoms with Gasteiger partial charge in [0.15, 0.2) is 0 Å². The molecule has 1 fully saturated rings. The van der Waals surface area contributed by atoms with Crippen molar-refractivity contribution in [2.24, 2.45) is 5.92 Å². The summed E-state index contributed by atoms with van der Waals surface area (Å²) in [5.74, 6) is -0.508. The number of carboxylic acid groups (broad SMARTS) is 1. The van der Waals surface area contributed by atoms with Crippen molar-refractivity contribution in [1.82, 2.24) is 0 Å². The maximum absolute atomic E-state index is 12.2. The van der Waals surface area contributed by atoms with Gasteiger partial charge in [-0.05, 0) is 25.0 Å². The van der Waals surface area contributed by atoms with E-state index in [2.05, 4.69) is 0 Å². The zero-order valence-electron chi connectivity index (χ0n) is 9.70. The van der Waals surface area contributed by atoms with Gasteiger partial charge in [0.05, 0.1) is 12.2 Å². The minimum absolute atomic E-state index is 0.0111. The van der Waals surface area contributed by atoms with Crippen molar-refractivity contribution in [2.75, 3.05) is 11.4 Å². The molecule has 94 valence electrons. The van der Waals surface area contributed by atoms with Crippen molar-refractivity contribution < 1.29 is 19.4 Å². The Bertz CT molecular complexity index is 509. The lowest BCUT2D eigenvalue weighted by molar-refractivity contribution is -0.145. The lowest BCUT2D eigenvalue weighted by Gasteiger charge is -2.33. The number of ether oxygens (including phenoxy) is 1. The third kappa shape index (κ3) is 1.81. The Morgan fingerprint density at radius 2 is 2.00 bits per heavy atom. The van der Waals surface area contributed by atoms with E-state index in [0.717, 1.165) is 12.8 Å². The fourth-order valence-corrected chi connectivity index (χ4v) is 2.12. The van der Waals surface area contributed by atoms with Crippen molar-refractivity contribution >= 4 is 17.6 Å². The number of para-hydroxylation sites is 2. The first kappa shape index (κ1) is 11.1. The molecule has 1 unspecified atom stereocenters. The predicted octanol–water partition coefficient (Wildman–Crippen LogP) is 1.28. The van der Waals surface area contributed by atoms with Gasteiger partial charge < -0.3 is 14.7 Å². The van der Waals surface area contributed by atoms with Gasteiger partial charge in [0.25, 0.3) is 0 Å². The SMILES string of the molecule is O=C(O)C1CN(C(=O)C2CC2)c2ccccc2O1. The Morgan fingerprint density at radius 3 is 2.67 bits per heavy atom. The number of nitrogens with zero attached hydrogens (tertiary/aromatic N) is 1. The maximum atomic E-state index is 12.2. The minimum Gasteiger partial charge on any atom is -0.478 e. The van der Waals surface area contributed by atoms with E-state index in [9.17, 15) is 9.59 Å². The van der Waals surface area contributed by atoms with Gasteiger partial charge in [0.2, 0.25) is 12.0 Å². The molecule has 0 aromatic heterocycles. The molecule has 1 aliphatic carbocycles. The second-order valence-corrected chi connectivity index (χ2v) is 4.64. The first-order valence-corrected chi connectivity index (χ1v) is 5.96. The zero-order valence-corrected chi connectivity index (χ0v) is 9.70. The maximum Gasteiger partial charge on any atom is 0.346 e. The molecule has 1 N–H and O–H groups in total. The molecular weight excluding hydrogens is 234 g/mol. The smallest absolute Gasteiger partial charge is 0.346 e. The van der Waals surface area contributed by atoms with E-state index in [-0.39, 0.29) is 18.4 Å². The van der Waals surface area contributed by atoms with Crippen molar-refractivity contribution in [3.05, 3.63) is 24.3 Å². The van der Waals surface area contributed by atoms with Crippen molar-refractivity contribution in [2.45, 2.75) is 18.9 Å². The molecule has 2 aliphatic rings. The first-order valence-electron chi connectivity index (χ1n) is 5.96. The number of hydrogen-bond acceptors (Lipinski definition) is 3. The van der Waals surface area contributed by atoms with Gasteiger partial charge in [-0.25, -0.2) is 4.79 Å². The van der Waals surface area contributed by atoms with Crippen LogP contribution in [0.1, 0.15) is 12.8 Å². The fraction of sp³-hybridized carbons (Fsp3) is 0.385. The van der Waals surface area contributed by atoms with Crippen molar-refractivity contribution in [3.63, 3.8) is 0 Å². The van der Waals surface area contributed by atoms with E-state index in [1.54, 1.807) is 23.1 Å². The van der Waals surface area contributed by atoms with E-state index >= 15 is 0 Å². The summed E-state index contributed by atoms with van der Waals surface area (Å²) in [5.41, 5.74) is 0.673. The number of carboxylic acids is 1. The van der Waals surface area contributed by atoms with Gasteiger partial charge in [0.1, 0.15) is 5.75 Å². The van der Waals surface area contributed by atoms with Crippen LogP contribution in [0.2, 0.25) is 0 Å². The first-order chi connectivity index (χ1) is 8.66. The molecule has 0 spiro atoms. The van der Waals surface area contributed by atoms with Crippen LogP contribution in [-0.4, -0.2) is 29.6 Å². The molecule has 1 atom stereocenters. The number of anilines is 1. The number of amides is 1. The summed E-state index contributed by atoms with van der Waals surface area (Å²) in [5, 5.41) is 9.05. The van der Waals surface area contributed by atoms with Crippen LogP contribution in [0.25, 0.3) is 0 Å². The standard InChI is InChI=1S/C13H13NO4/c15-12(8-5-6-8)14-7-11(13(16)17)18-10-4-2-1-3-9(10)14/h1-4,8,11H,5-7H2,(H,16,17). The predicted molar refractivity (Wildman–Crippen MR) is 63.6 cm³/mol. The van der Waals surface area contributed by atoms with Crippen molar-refractivity contribution in [1.29, 1.82) is 0 Å². The lowest BCUT2D eigenvalue weighted by atomic mass is 10.1. The van der Waals surface area contributed by atoms with Crippen LogP contribution in [0.5, 0.6) is 5.75 Å². The number of rotatable bonds is 2. The molecule has 0 radical (unpaired) electrons. The van der Waals surface area contributed by atoms with Gasteiger partial charge in [-0.1, -0.05) is 12.1 Å². The Kier molecular flexibility index (Phi) is 2.47. The highest BCUT2D eigenvalue weighted by Crippen LogP contribution is 2.38. The fourth-order valence-electron chi connectivity index (χ4n) is 2.12. The summed E-state index contributed by atoms with van der Waals surface area (Å²) in [6, 6.07) is 7.06. The van der Waals surface area contributed by atoms with Gasteiger partial charge >= 0.3 is 5.97 Å². The van der Waals surface area contributed by atoms with E-state index in [0.29, 0.717) is 11.4 Å². The van der Waals surface area contributed by atoms with Crippen LogP contribution in [0.3, 0.4) is 0 Å².